The molecule has 5 N–H and O–H groups in total. The molecule has 30 heavy (non-hydrogen) atoms. The molecule has 6 heteroatoms. The van der Waals surface area contributed by atoms with Crippen molar-refractivity contribution in [3.8, 4) is 11.1 Å². The SMILES string of the molecule is Nc1cc(N2CC[C@H](CO)C2)cc(-c2ccc3c(c2)ncn3C2CCCCC2)c1N. The second kappa shape index (κ2) is 7.84. The highest BCUT2D eigenvalue weighted by atomic mass is 16.3. The third-order valence-electron chi connectivity index (χ3n) is 6.96. The normalized spacial score (nSPS) is 20.3. The number of rotatable bonds is 4. The molecular formula is C24H31N5O. The number of hydrogen-bond donors (Lipinski definition) is 3. The van der Waals surface area contributed by atoms with Crippen LogP contribution in [0.25, 0.3) is 22.2 Å². The zero-order chi connectivity index (χ0) is 20.7. The van der Waals surface area contributed by atoms with Crippen molar-refractivity contribution in [1.82, 2.24) is 9.55 Å². The van der Waals surface area contributed by atoms with E-state index < -0.39 is 0 Å². The van der Waals surface area contributed by atoms with Gasteiger partial charge in [0.2, 0.25) is 0 Å². The fourth-order valence-corrected chi connectivity index (χ4v) is 5.15. The number of nitrogens with two attached hydrogens (primary N) is 2. The Morgan fingerprint density at radius 3 is 2.63 bits per heavy atom. The molecule has 1 saturated carbocycles. The number of nitrogens with zero attached hydrogens (tertiary/aromatic N) is 3. The van der Waals surface area contributed by atoms with Crippen LogP contribution in [0.2, 0.25) is 0 Å². The van der Waals surface area contributed by atoms with E-state index in [-0.39, 0.29) is 6.61 Å². The van der Waals surface area contributed by atoms with Crippen LogP contribution in [0.3, 0.4) is 0 Å². The molecule has 0 unspecified atom stereocenters. The van der Waals surface area contributed by atoms with Crippen molar-refractivity contribution in [3.05, 3.63) is 36.7 Å². The van der Waals surface area contributed by atoms with E-state index in [1.807, 2.05) is 12.4 Å². The van der Waals surface area contributed by atoms with Crippen LogP contribution in [0.1, 0.15) is 44.6 Å². The van der Waals surface area contributed by atoms with Crippen LogP contribution >= 0.6 is 0 Å². The fourth-order valence-electron chi connectivity index (χ4n) is 5.15. The van der Waals surface area contributed by atoms with Gasteiger partial charge in [0.05, 0.1) is 28.7 Å². The van der Waals surface area contributed by atoms with E-state index in [0.717, 1.165) is 41.8 Å². The van der Waals surface area contributed by atoms with Crippen molar-refractivity contribution in [2.24, 2.45) is 5.92 Å². The number of aromatic nitrogens is 2. The van der Waals surface area contributed by atoms with Gasteiger partial charge in [0.15, 0.2) is 0 Å². The number of benzene rings is 2. The molecule has 2 aromatic carbocycles. The summed E-state index contributed by atoms with van der Waals surface area (Å²) in [4.78, 5) is 6.99. The van der Waals surface area contributed by atoms with Gasteiger partial charge < -0.3 is 26.0 Å². The second-order valence-electron chi connectivity index (χ2n) is 8.93. The fraction of sp³-hybridized carbons (Fsp3) is 0.458. The molecule has 1 aliphatic carbocycles. The molecule has 3 aromatic rings. The van der Waals surface area contributed by atoms with Crippen molar-refractivity contribution in [3.63, 3.8) is 0 Å². The molecule has 0 bridgehead atoms. The Kier molecular flexibility index (Phi) is 5.03. The zero-order valence-corrected chi connectivity index (χ0v) is 17.4. The Hall–Kier alpha value is -2.73. The molecule has 6 nitrogen and oxygen atoms in total. The molecule has 158 valence electrons. The van der Waals surface area contributed by atoms with Gasteiger partial charge in [-0.15, -0.1) is 0 Å². The van der Waals surface area contributed by atoms with E-state index in [1.54, 1.807) is 0 Å². The number of fused-ring (bicyclic) bond motifs is 1. The zero-order valence-electron chi connectivity index (χ0n) is 17.4. The number of aliphatic hydroxyl groups is 1. The Morgan fingerprint density at radius 1 is 1.03 bits per heavy atom. The summed E-state index contributed by atoms with van der Waals surface area (Å²) in [5.74, 6) is 0.326. The maximum atomic E-state index is 9.48. The van der Waals surface area contributed by atoms with Gasteiger partial charge in [-0.1, -0.05) is 25.3 Å². The topological polar surface area (TPSA) is 93.3 Å². The Bertz CT molecular complexity index is 1050. The highest BCUT2D eigenvalue weighted by molar-refractivity contribution is 5.91. The highest BCUT2D eigenvalue weighted by Crippen LogP contribution is 2.38. The summed E-state index contributed by atoms with van der Waals surface area (Å²) in [6, 6.07) is 11.1. The number of nitrogen functional groups attached to an aromatic ring is 2. The van der Waals surface area contributed by atoms with Crippen LogP contribution in [0, 0.1) is 5.92 Å². The summed E-state index contributed by atoms with van der Waals surface area (Å²) in [6.07, 6.45) is 9.43. The molecule has 2 heterocycles. The van der Waals surface area contributed by atoms with Gasteiger partial charge in [0, 0.05) is 42.9 Å². The van der Waals surface area contributed by atoms with Crippen molar-refractivity contribution in [1.29, 1.82) is 0 Å². The summed E-state index contributed by atoms with van der Waals surface area (Å²) >= 11 is 0. The molecule has 5 rings (SSSR count). The van der Waals surface area contributed by atoms with Crippen molar-refractivity contribution in [2.45, 2.75) is 44.6 Å². The third-order valence-corrected chi connectivity index (χ3v) is 6.96. The molecule has 1 saturated heterocycles. The summed E-state index contributed by atoms with van der Waals surface area (Å²) < 4.78 is 2.35. The minimum absolute atomic E-state index is 0.230. The summed E-state index contributed by atoms with van der Waals surface area (Å²) in [5.41, 5.74) is 19.2. The first kappa shape index (κ1) is 19.2. The first-order chi connectivity index (χ1) is 14.6. The number of anilines is 3. The van der Waals surface area contributed by atoms with E-state index in [2.05, 4.69) is 33.7 Å². The third kappa shape index (κ3) is 3.39. The Morgan fingerprint density at radius 2 is 1.87 bits per heavy atom. The predicted octanol–water partition coefficient (Wildman–Crippen LogP) is 4.19. The number of aliphatic hydroxyl groups excluding tert-OH is 1. The highest BCUT2D eigenvalue weighted by Gasteiger charge is 2.23. The van der Waals surface area contributed by atoms with Gasteiger partial charge in [-0.25, -0.2) is 4.98 Å². The molecule has 1 atom stereocenters. The predicted molar refractivity (Wildman–Crippen MR) is 124 cm³/mol. The summed E-state index contributed by atoms with van der Waals surface area (Å²) in [6.45, 7) is 2.01. The minimum Gasteiger partial charge on any atom is -0.397 e. The van der Waals surface area contributed by atoms with Gasteiger partial charge in [0.1, 0.15) is 0 Å². The lowest BCUT2D eigenvalue weighted by Gasteiger charge is -2.23. The first-order valence-electron chi connectivity index (χ1n) is 11.2. The van der Waals surface area contributed by atoms with Gasteiger partial charge in [-0.3, -0.25) is 0 Å². The van der Waals surface area contributed by atoms with E-state index in [9.17, 15) is 5.11 Å². The van der Waals surface area contributed by atoms with Gasteiger partial charge in [-0.05, 0) is 49.1 Å². The van der Waals surface area contributed by atoms with Crippen molar-refractivity contribution < 1.29 is 5.11 Å². The molecule has 0 radical (unpaired) electrons. The quantitative estimate of drug-likeness (QED) is 0.566. The van der Waals surface area contributed by atoms with Crippen LogP contribution in [-0.4, -0.2) is 34.4 Å². The van der Waals surface area contributed by atoms with Gasteiger partial charge >= 0.3 is 0 Å². The van der Waals surface area contributed by atoms with Gasteiger partial charge in [-0.2, -0.15) is 0 Å². The van der Waals surface area contributed by atoms with Crippen LogP contribution in [0.5, 0.6) is 0 Å². The largest absolute Gasteiger partial charge is 0.397 e. The van der Waals surface area contributed by atoms with Crippen molar-refractivity contribution >= 4 is 28.1 Å². The smallest absolute Gasteiger partial charge is 0.0960 e. The van der Waals surface area contributed by atoms with E-state index in [0.29, 0.717) is 23.3 Å². The monoisotopic (exact) mass is 405 g/mol. The molecule has 1 aliphatic heterocycles. The second-order valence-corrected chi connectivity index (χ2v) is 8.93. The number of hydrogen-bond acceptors (Lipinski definition) is 5. The van der Waals surface area contributed by atoms with E-state index in [4.69, 9.17) is 16.5 Å². The molecule has 2 aliphatic rings. The molecular weight excluding hydrogens is 374 g/mol. The van der Waals surface area contributed by atoms with Crippen LogP contribution in [0.15, 0.2) is 36.7 Å². The average molecular weight is 406 g/mol. The first-order valence-corrected chi connectivity index (χ1v) is 11.2. The molecule has 0 amide bonds. The van der Waals surface area contributed by atoms with E-state index in [1.165, 1.54) is 37.6 Å². The van der Waals surface area contributed by atoms with E-state index >= 15 is 0 Å². The molecule has 1 aromatic heterocycles. The lowest BCUT2D eigenvalue weighted by atomic mass is 9.95. The lowest BCUT2D eigenvalue weighted by molar-refractivity contribution is 0.238. The van der Waals surface area contributed by atoms with Crippen LogP contribution < -0.4 is 16.4 Å². The maximum absolute atomic E-state index is 9.48. The lowest BCUT2D eigenvalue weighted by Crippen LogP contribution is -2.21. The summed E-state index contributed by atoms with van der Waals surface area (Å²) in [7, 11) is 0. The van der Waals surface area contributed by atoms with Crippen molar-refractivity contribution in [2.75, 3.05) is 36.1 Å². The summed E-state index contributed by atoms with van der Waals surface area (Å²) in [5, 5.41) is 9.48. The Balaban J connectivity index is 1.50. The average Bonchev–Trinajstić information content (AvgIpc) is 3.43. The van der Waals surface area contributed by atoms with Crippen LogP contribution in [0.4, 0.5) is 17.1 Å². The maximum Gasteiger partial charge on any atom is 0.0960 e. The standard InChI is InChI=1S/C24H31N5O/c25-21-12-19(28-9-8-16(13-28)14-30)11-20(24(21)26)17-6-7-23-22(10-17)27-15-29(23)18-4-2-1-3-5-18/h6-7,10-12,15-16,18,30H,1-5,8-9,13-14,25-26H2/t16-/m0/s1. The minimum atomic E-state index is 0.230. The molecule has 2 fully saturated rings. The Labute approximate surface area is 177 Å². The van der Waals surface area contributed by atoms with Crippen LogP contribution in [-0.2, 0) is 0 Å². The van der Waals surface area contributed by atoms with Gasteiger partial charge in [0.25, 0.3) is 0 Å². The number of imidazole rings is 1. The molecule has 0 spiro atoms.